The Hall–Kier alpha value is -2.40. The number of nitrogens with one attached hydrogen (secondary N) is 1. The minimum Gasteiger partial charge on any atom is -0.268 e. The van der Waals surface area contributed by atoms with Crippen LogP contribution in [0.15, 0.2) is 54.2 Å². The molecule has 4 nitrogen and oxygen atoms in total. The number of rotatable bonds is 3. The first-order valence-corrected chi connectivity index (χ1v) is 6.65. The van der Waals surface area contributed by atoms with E-state index in [1.165, 1.54) is 6.08 Å². The molecular weight excluding hydrogens is 258 g/mol. The second-order valence-corrected chi connectivity index (χ2v) is 4.91. The number of carbonyl (C=O) groups excluding carboxylic acids is 1. The lowest BCUT2D eigenvalue weighted by molar-refractivity contribution is -0.112. The fourth-order valence-electron chi connectivity index (χ4n) is 1.75. The van der Waals surface area contributed by atoms with E-state index in [-0.39, 0.29) is 5.91 Å². The molecular formula is C14H11N3OS. The fourth-order valence-corrected chi connectivity index (χ4v) is 2.37. The number of benzene rings is 1. The smallest absolute Gasteiger partial charge is 0.262 e. The molecule has 3 aromatic rings. The van der Waals surface area contributed by atoms with Gasteiger partial charge in [-0.1, -0.05) is 18.2 Å². The van der Waals surface area contributed by atoms with E-state index < -0.39 is 0 Å². The van der Waals surface area contributed by atoms with Gasteiger partial charge >= 0.3 is 0 Å². The van der Waals surface area contributed by atoms with Gasteiger partial charge in [0.1, 0.15) is 6.33 Å². The molecule has 3 rings (SSSR count). The average Bonchev–Trinajstić information content (AvgIpc) is 3.07. The molecule has 0 bridgehead atoms. The van der Waals surface area contributed by atoms with Gasteiger partial charge < -0.3 is 0 Å². The normalized spacial score (nSPS) is 11.2. The summed E-state index contributed by atoms with van der Waals surface area (Å²) >= 11 is 1.59. The molecule has 0 aliphatic rings. The monoisotopic (exact) mass is 269 g/mol. The number of aromatic nitrogens is 2. The third kappa shape index (κ3) is 2.56. The number of amides is 1. The van der Waals surface area contributed by atoms with Crippen LogP contribution in [0.25, 0.3) is 17.1 Å². The van der Waals surface area contributed by atoms with Crippen LogP contribution in [0.3, 0.4) is 0 Å². The summed E-state index contributed by atoms with van der Waals surface area (Å²) in [5.41, 5.74) is 4.49. The van der Waals surface area contributed by atoms with E-state index in [0.717, 1.165) is 15.9 Å². The van der Waals surface area contributed by atoms with E-state index in [1.54, 1.807) is 28.4 Å². The topological polar surface area (TPSA) is 46.9 Å². The van der Waals surface area contributed by atoms with Crippen LogP contribution in [-0.2, 0) is 4.79 Å². The van der Waals surface area contributed by atoms with Crippen molar-refractivity contribution in [2.75, 3.05) is 5.43 Å². The second-order valence-electron chi connectivity index (χ2n) is 3.93. The highest BCUT2D eigenvalue weighted by Gasteiger charge is 2.02. The second kappa shape index (κ2) is 5.07. The van der Waals surface area contributed by atoms with E-state index in [4.69, 9.17) is 0 Å². The Morgan fingerprint density at radius 3 is 3.00 bits per heavy atom. The lowest BCUT2D eigenvalue weighted by Gasteiger charge is -2.03. The van der Waals surface area contributed by atoms with Crippen molar-refractivity contribution in [1.29, 1.82) is 0 Å². The Labute approximate surface area is 114 Å². The minimum atomic E-state index is -0.184. The minimum absolute atomic E-state index is 0.184. The zero-order valence-corrected chi connectivity index (χ0v) is 10.8. The van der Waals surface area contributed by atoms with E-state index >= 15 is 0 Å². The number of thiophene rings is 1. The van der Waals surface area contributed by atoms with Crippen molar-refractivity contribution in [1.82, 2.24) is 9.66 Å². The molecule has 0 radical (unpaired) electrons. The van der Waals surface area contributed by atoms with Gasteiger partial charge in [0.2, 0.25) is 0 Å². The molecule has 0 saturated heterocycles. The van der Waals surface area contributed by atoms with Crippen LogP contribution < -0.4 is 5.43 Å². The summed E-state index contributed by atoms with van der Waals surface area (Å²) in [6.45, 7) is 0. The van der Waals surface area contributed by atoms with Crippen molar-refractivity contribution < 1.29 is 4.79 Å². The van der Waals surface area contributed by atoms with E-state index in [9.17, 15) is 4.79 Å². The summed E-state index contributed by atoms with van der Waals surface area (Å²) in [6.07, 6.45) is 4.90. The molecule has 5 heteroatoms. The SMILES string of the molecule is O=C(/C=C/c1cccs1)Nn1cnc2ccccc21. The first-order chi connectivity index (χ1) is 9.33. The van der Waals surface area contributed by atoms with Crippen molar-refractivity contribution in [2.45, 2.75) is 0 Å². The van der Waals surface area contributed by atoms with E-state index in [2.05, 4.69) is 10.4 Å². The lowest BCUT2D eigenvalue weighted by Crippen LogP contribution is -2.19. The molecule has 94 valence electrons. The largest absolute Gasteiger partial charge is 0.268 e. The molecule has 0 aliphatic heterocycles. The van der Waals surface area contributed by atoms with Gasteiger partial charge in [-0.15, -0.1) is 11.3 Å². The summed E-state index contributed by atoms with van der Waals surface area (Å²) in [5, 5.41) is 1.97. The van der Waals surface area contributed by atoms with Gasteiger partial charge in [-0.2, -0.15) is 0 Å². The highest BCUT2D eigenvalue weighted by molar-refractivity contribution is 7.10. The first kappa shape index (κ1) is 11.7. The van der Waals surface area contributed by atoms with Crippen molar-refractivity contribution in [3.8, 4) is 0 Å². The molecule has 0 saturated carbocycles. The fraction of sp³-hybridized carbons (Fsp3) is 0. The molecule has 0 unspecified atom stereocenters. The predicted molar refractivity (Wildman–Crippen MR) is 77.5 cm³/mol. The number of fused-ring (bicyclic) bond motifs is 1. The molecule has 0 spiro atoms. The Balaban J connectivity index is 1.76. The van der Waals surface area contributed by atoms with Gasteiger partial charge in [-0.25, -0.2) is 9.66 Å². The molecule has 2 heterocycles. The number of nitrogens with zero attached hydrogens (tertiary/aromatic N) is 2. The summed E-state index contributed by atoms with van der Waals surface area (Å²) in [7, 11) is 0. The zero-order valence-electron chi connectivity index (χ0n) is 9.98. The van der Waals surface area contributed by atoms with Gasteiger partial charge in [-0.05, 0) is 29.7 Å². The van der Waals surface area contributed by atoms with Crippen molar-refractivity contribution in [2.24, 2.45) is 0 Å². The summed E-state index contributed by atoms with van der Waals surface area (Å²) in [6, 6.07) is 11.5. The molecule has 0 atom stereocenters. The predicted octanol–water partition coefficient (Wildman–Crippen LogP) is 2.88. The zero-order chi connectivity index (χ0) is 13.1. The van der Waals surface area contributed by atoms with Gasteiger partial charge in [0.05, 0.1) is 11.0 Å². The number of para-hydroxylation sites is 2. The van der Waals surface area contributed by atoms with Crippen LogP contribution >= 0.6 is 11.3 Å². The Morgan fingerprint density at radius 2 is 2.16 bits per heavy atom. The summed E-state index contributed by atoms with van der Waals surface area (Å²) in [5.74, 6) is -0.184. The number of hydrogen-bond donors (Lipinski definition) is 1. The van der Waals surface area contributed by atoms with Crippen molar-refractivity contribution in [3.05, 3.63) is 59.1 Å². The quantitative estimate of drug-likeness (QED) is 0.743. The molecule has 1 amide bonds. The molecule has 19 heavy (non-hydrogen) atoms. The number of hydrogen-bond acceptors (Lipinski definition) is 3. The van der Waals surface area contributed by atoms with Crippen LogP contribution in [0.1, 0.15) is 4.88 Å². The van der Waals surface area contributed by atoms with E-state index in [1.807, 2.05) is 41.8 Å². The maximum absolute atomic E-state index is 11.8. The summed E-state index contributed by atoms with van der Waals surface area (Å²) in [4.78, 5) is 17.1. The van der Waals surface area contributed by atoms with E-state index in [0.29, 0.717) is 0 Å². The Kier molecular flexibility index (Phi) is 3.12. The van der Waals surface area contributed by atoms with Crippen LogP contribution in [0.2, 0.25) is 0 Å². The number of carbonyl (C=O) groups is 1. The van der Waals surface area contributed by atoms with Crippen molar-refractivity contribution >= 4 is 34.4 Å². The highest BCUT2D eigenvalue weighted by Crippen LogP contribution is 2.11. The molecule has 1 N–H and O–H groups in total. The Morgan fingerprint density at radius 1 is 1.26 bits per heavy atom. The van der Waals surface area contributed by atoms with Crippen LogP contribution in [0, 0.1) is 0 Å². The standard InChI is InChI=1S/C14H11N3OS/c18-14(8-7-11-4-3-9-19-11)16-17-10-15-12-5-1-2-6-13(12)17/h1-10H,(H,16,18)/b8-7+. The van der Waals surface area contributed by atoms with Crippen LogP contribution in [-0.4, -0.2) is 15.6 Å². The first-order valence-electron chi connectivity index (χ1n) is 5.77. The Bertz CT molecular complexity index is 728. The maximum atomic E-state index is 11.8. The summed E-state index contributed by atoms with van der Waals surface area (Å²) < 4.78 is 1.62. The van der Waals surface area contributed by atoms with Crippen LogP contribution in [0.4, 0.5) is 0 Å². The highest BCUT2D eigenvalue weighted by atomic mass is 32.1. The number of imidazole rings is 1. The molecule has 0 aliphatic carbocycles. The molecule has 2 aromatic heterocycles. The van der Waals surface area contributed by atoms with Gasteiger partial charge in [0.15, 0.2) is 0 Å². The molecule has 0 fully saturated rings. The maximum Gasteiger partial charge on any atom is 0.262 e. The van der Waals surface area contributed by atoms with Gasteiger partial charge in [0.25, 0.3) is 5.91 Å². The van der Waals surface area contributed by atoms with Crippen LogP contribution in [0.5, 0.6) is 0 Å². The third-order valence-corrected chi connectivity index (χ3v) is 3.46. The third-order valence-electron chi connectivity index (χ3n) is 2.63. The van der Waals surface area contributed by atoms with Crippen molar-refractivity contribution in [3.63, 3.8) is 0 Å². The molecule has 1 aromatic carbocycles. The lowest BCUT2D eigenvalue weighted by atomic mass is 10.3. The average molecular weight is 269 g/mol. The van der Waals surface area contributed by atoms with Gasteiger partial charge in [-0.3, -0.25) is 10.2 Å². The van der Waals surface area contributed by atoms with Gasteiger partial charge in [0, 0.05) is 11.0 Å².